The molecule has 2 rings (SSSR count). The molecule has 0 aromatic heterocycles. The summed E-state index contributed by atoms with van der Waals surface area (Å²) in [5.74, 6) is 0.249. The molecule has 0 saturated heterocycles. The van der Waals surface area contributed by atoms with Gasteiger partial charge in [0, 0.05) is 0 Å². The molecule has 2 unspecified atom stereocenters. The maximum Gasteiger partial charge on any atom is 1.00 e. The third kappa shape index (κ3) is 12.1. The van der Waals surface area contributed by atoms with Crippen molar-refractivity contribution in [1.29, 1.82) is 0 Å². The first-order valence-corrected chi connectivity index (χ1v) is 10.9. The van der Waals surface area contributed by atoms with Crippen molar-refractivity contribution in [2.75, 3.05) is 0 Å². The van der Waals surface area contributed by atoms with Gasteiger partial charge in [0.25, 0.3) is 0 Å². The van der Waals surface area contributed by atoms with Crippen molar-refractivity contribution in [3.05, 3.63) is 59.7 Å². The molecule has 0 fully saturated rings. The molecule has 0 aliphatic heterocycles. The van der Waals surface area contributed by atoms with Gasteiger partial charge in [0.1, 0.15) is 29.9 Å². The molecule has 14 heteroatoms. The van der Waals surface area contributed by atoms with Gasteiger partial charge >= 0.3 is 109 Å². The molecule has 160 valence electrons. The second-order valence-corrected chi connectivity index (χ2v) is 8.20. The van der Waals surface area contributed by atoms with Gasteiger partial charge in [-0.3, -0.25) is 0 Å². The maximum absolute atomic E-state index is 12.8. The van der Waals surface area contributed by atoms with Crippen LogP contribution in [-0.2, 0) is 31.8 Å². The van der Waals surface area contributed by atoms with Crippen LogP contribution in [0.4, 0.5) is 13.2 Å². The van der Waals surface area contributed by atoms with Crippen LogP contribution in [0.5, 0.6) is 11.5 Å². The Balaban J connectivity index is 0.00000450. The van der Waals surface area contributed by atoms with Crippen molar-refractivity contribution in [3.8, 4) is 11.5 Å². The van der Waals surface area contributed by atoms with Crippen LogP contribution in [0.25, 0.3) is 0 Å². The monoisotopic (exact) mass is 530 g/mol. The minimum absolute atomic E-state index is 0. The fourth-order valence-corrected chi connectivity index (χ4v) is 3.97. The molecule has 0 radical (unpaired) electrons. The van der Waals surface area contributed by atoms with E-state index in [4.69, 9.17) is 4.74 Å². The van der Waals surface area contributed by atoms with E-state index < -0.39 is 35.5 Å². The van der Waals surface area contributed by atoms with Crippen molar-refractivity contribution in [3.63, 3.8) is 0 Å². The molecule has 0 heterocycles. The molecule has 0 spiro atoms. The summed E-state index contributed by atoms with van der Waals surface area (Å²) in [7, 11) is -8.79. The zero-order valence-corrected chi connectivity index (χ0v) is 24.8. The van der Waals surface area contributed by atoms with Gasteiger partial charge in [0.15, 0.2) is 5.44 Å². The average Bonchev–Trinajstić information content (AvgIpc) is 2.59. The zero-order chi connectivity index (χ0) is 21.7. The Hall–Kier alpha value is 1.36. The second kappa shape index (κ2) is 14.7. The molecule has 0 bridgehead atoms. The van der Waals surface area contributed by atoms with Gasteiger partial charge in [-0.15, -0.1) is 0 Å². The van der Waals surface area contributed by atoms with Gasteiger partial charge < -0.3 is 23.3 Å². The molecule has 0 aliphatic carbocycles. The normalized spacial score (nSPS) is 13.5. The molecule has 0 N–H and O–H groups in total. The second-order valence-electron chi connectivity index (χ2n) is 5.96. The van der Waals surface area contributed by atoms with E-state index in [1.807, 2.05) is 0 Å². The summed E-state index contributed by atoms with van der Waals surface area (Å²) < 4.78 is 91.5. The predicted molar refractivity (Wildman–Crippen MR) is 94.5 cm³/mol. The predicted octanol–water partition coefficient (Wildman–Crippen LogP) is -2.53. The molecule has 0 saturated carbocycles. The summed E-state index contributed by atoms with van der Waals surface area (Å²) in [6.45, 7) is 0. The summed E-state index contributed by atoms with van der Waals surface area (Å²) in [6.07, 6.45) is -4.45. The number of aryl methyl sites for hydroxylation is 1. The minimum atomic E-state index is -4.94. The minimum Gasteiger partial charge on any atom is -0.781 e. The van der Waals surface area contributed by atoms with Gasteiger partial charge in [0.2, 0.25) is 0 Å². The average molecular weight is 531 g/mol. The Kier molecular flexibility index (Phi) is 15.3. The Bertz CT molecular complexity index is 974. The van der Waals surface area contributed by atoms with E-state index >= 15 is 0 Å². The van der Waals surface area contributed by atoms with E-state index in [9.17, 15) is 35.6 Å². The van der Waals surface area contributed by atoms with Gasteiger partial charge in [-0.2, -0.15) is 13.2 Å². The number of hydrogen-bond acceptors (Lipinski definition) is 7. The van der Waals surface area contributed by atoms with Crippen LogP contribution in [0.15, 0.2) is 48.5 Å². The summed E-state index contributed by atoms with van der Waals surface area (Å²) in [6, 6.07) is 10.7. The molecule has 2 atom stereocenters. The van der Waals surface area contributed by atoms with Crippen molar-refractivity contribution in [1.82, 2.24) is 0 Å². The van der Waals surface area contributed by atoms with Gasteiger partial charge in [-0.25, -0.2) is 8.42 Å². The molecule has 31 heavy (non-hydrogen) atoms. The van der Waals surface area contributed by atoms with Gasteiger partial charge in [-0.1, -0.05) is 18.2 Å². The van der Waals surface area contributed by atoms with E-state index in [1.54, 1.807) is 12.1 Å². The molecule has 0 aliphatic rings. The topological polar surface area (TPSA) is 116 Å². The fourth-order valence-electron chi connectivity index (χ4n) is 2.48. The van der Waals surface area contributed by atoms with Crippen LogP contribution in [0, 0.1) is 0 Å². The Morgan fingerprint density at radius 2 is 1.61 bits per heavy atom. The molecule has 2 aromatic rings. The smallest absolute Gasteiger partial charge is 0.781 e. The van der Waals surface area contributed by atoms with Crippen molar-refractivity contribution >= 4 is 18.4 Å². The van der Waals surface area contributed by atoms with Crippen LogP contribution < -0.4 is 112 Å². The summed E-state index contributed by atoms with van der Waals surface area (Å²) in [5.41, 5.74) is -2.20. The van der Waals surface area contributed by atoms with E-state index in [2.05, 4.69) is 4.52 Å². The zero-order valence-electron chi connectivity index (χ0n) is 16.7. The first-order valence-electron chi connectivity index (χ1n) is 8.21. The third-order valence-electron chi connectivity index (χ3n) is 3.75. The summed E-state index contributed by atoms with van der Waals surface area (Å²) >= 11 is 0. The quantitative estimate of drug-likeness (QED) is 0.199. The number of benzene rings is 2. The fraction of sp³-hybridized carbons (Fsp3) is 0.294. The maximum atomic E-state index is 12.8. The Labute approximate surface area is 263 Å². The van der Waals surface area contributed by atoms with Crippen LogP contribution >= 0.6 is 8.25 Å². The molecule has 2 aromatic carbocycles. The molecule has 7 nitrogen and oxygen atoms in total. The summed E-state index contributed by atoms with van der Waals surface area (Å²) in [5, 5.41) is 0. The molecular formula is C17H16F3K2O7PS. The van der Waals surface area contributed by atoms with Gasteiger partial charge in [0.05, 0.1) is 5.56 Å². The standard InChI is InChI=1S/C17H18F3O7PS.2K/c18-17(19,20)13-6-3-8-15(11-13)26-14-7-1-4-12(10-14)5-2-9-16(27-28(21)22)29(23,24)25;;/h1,3-4,6-8,10-11,16,28H,2,5,9H2,(H,21,22)(H,23,24,25);;/q;2*+1/p-2. The summed E-state index contributed by atoms with van der Waals surface area (Å²) in [4.78, 5) is 10.6. The van der Waals surface area contributed by atoms with E-state index in [-0.39, 0.29) is 134 Å². The molecular weight excluding hydrogens is 514 g/mol. The first-order chi connectivity index (χ1) is 13.4. The van der Waals surface area contributed by atoms with Crippen LogP contribution in [0.2, 0.25) is 0 Å². The Morgan fingerprint density at radius 3 is 2.16 bits per heavy atom. The third-order valence-corrected chi connectivity index (χ3v) is 5.37. The van der Waals surface area contributed by atoms with Crippen LogP contribution in [0.1, 0.15) is 24.0 Å². The van der Waals surface area contributed by atoms with Crippen molar-refractivity contribution in [2.24, 2.45) is 0 Å². The molecule has 0 amide bonds. The van der Waals surface area contributed by atoms with Crippen LogP contribution in [-0.4, -0.2) is 18.4 Å². The number of ether oxygens (including phenoxy) is 1. The number of hydrogen-bond donors (Lipinski definition) is 0. The SMILES string of the molecule is O=[PH]([O-])OC(CCCc1cccc(Oc2cccc(C(F)(F)F)c2)c1)S(=O)(=O)[O-].[K+].[K+]. The van der Waals surface area contributed by atoms with Crippen LogP contribution in [0.3, 0.4) is 0 Å². The van der Waals surface area contributed by atoms with E-state index in [0.717, 1.165) is 12.1 Å². The van der Waals surface area contributed by atoms with E-state index in [0.29, 0.717) is 5.56 Å². The Morgan fingerprint density at radius 1 is 1.03 bits per heavy atom. The largest absolute Gasteiger partial charge is 1.00 e. The number of alkyl halides is 3. The number of rotatable bonds is 9. The number of halogens is 3. The van der Waals surface area contributed by atoms with Crippen molar-refractivity contribution in [2.45, 2.75) is 30.9 Å². The first kappa shape index (κ1) is 32.4. The van der Waals surface area contributed by atoms with Gasteiger partial charge in [-0.05, 0) is 55.2 Å². The van der Waals surface area contributed by atoms with E-state index in [1.165, 1.54) is 24.3 Å². The van der Waals surface area contributed by atoms with Crippen molar-refractivity contribution < 1.29 is 148 Å².